The molecule has 8 heteroatoms. The molecule has 7 nitrogen and oxygen atoms in total. The van der Waals surface area contributed by atoms with Gasteiger partial charge >= 0.3 is 0 Å². The molecule has 0 aromatic carbocycles. The van der Waals surface area contributed by atoms with E-state index in [2.05, 4.69) is 46.1 Å². The first-order chi connectivity index (χ1) is 16.0. The van der Waals surface area contributed by atoms with Crippen LogP contribution in [0.5, 0.6) is 0 Å². The molecule has 2 aromatic heterocycles. The molecule has 6 heterocycles. The van der Waals surface area contributed by atoms with Crippen LogP contribution in [-0.4, -0.2) is 73.2 Å². The maximum Gasteiger partial charge on any atom is 0.252 e. The third kappa shape index (κ3) is 3.62. The normalized spacial score (nSPS) is 28.3. The van der Waals surface area contributed by atoms with E-state index in [0.29, 0.717) is 8.58 Å². The molecule has 4 aliphatic heterocycles. The van der Waals surface area contributed by atoms with Gasteiger partial charge in [-0.15, -0.1) is 0 Å². The molecule has 2 fully saturated rings. The summed E-state index contributed by atoms with van der Waals surface area (Å²) < 4.78 is 1.89. The SMILES string of the molecule is CCN1CCC2CN(C3=CN4C(=O)C=C(c5cc6c(C)nc(C)cn6n5)PC4C=C3)CCC21. The van der Waals surface area contributed by atoms with Crippen LogP contribution in [-0.2, 0) is 4.79 Å². The molecule has 0 saturated carbocycles. The Bertz CT molecular complexity index is 1210. The van der Waals surface area contributed by atoms with Crippen LogP contribution in [0.3, 0.4) is 0 Å². The standard InChI is InChI=1S/C25H31N6OP/c1-4-28-9-7-18-14-29(10-8-21(18)28)19-5-6-25-30(15-19)24(32)12-23(33-25)20-11-22-17(3)26-16(2)13-31(22)27-20/h5-6,11-13,15,18,21,25,33H,4,7-10,14H2,1-3H3. The van der Waals surface area contributed by atoms with Gasteiger partial charge in [0.15, 0.2) is 0 Å². The van der Waals surface area contributed by atoms with E-state index in [0.717, 1.165) is 59.5 Å². The average Bonchev–Trinajstić information content (AvgIpc) is 3.42. The van der Waals surface area contributed by atoms with Crippen LogP contribution >= 0.6 is 8.58 Å². The van der Waals surface area contributed by atoms with Gasteiger partial charge in [0.25, 0.3) is 5.91 Å². The van der Waals surface area contributed by atoms with Gasteiger partial charge in [-0.05, 0) is 57.8 Å². The van der Waals surface area contributed by atoms with Gasteiger partial charge < -0.3 is 14.7 Å². The van der Waals surface area contributed by atoms with Crippen molar-refractivity contribution >= 4 is 25.3 Å². The number of amides is 1. The topological polar surface area (TPSA) is 57.0 Å². The first kappa shape index (κ1) is 21.1. The molecule has 0 N–H and O–H groups in total. The highest BCUT2D eigenvalue weighted by atomic mass is 31.1. The molecule has 4 aliphatic rings. The highest BCUT2D eigenvalue weighted by Gasteiger charge is 2.38. The van der Waals surface area contributed by atoms with Crippen molar-refractivity contribution < 1.29 is 4.79 Å². The highest BCUT2D eigenvalue weighted by Crippen LogP contribution is 2.45. The van der Waals surface area contributed by atoms with Gasteiger partial charge in [0.2, 0.25) is 0 Å². The number of rotatable bonds is 3. The molecule has 0 radical (unpaired) electrons. The Labute approximate surface area is 196 Å². The van der Waals surface area contributed by atoms with E-state index >= 15 is 0 Å². The largest absolute Gasteiger partial charge is 0.370 e. The van der Waals surface area contributed by atoms with Gasteiger partial charge in [0, 0.05) is 36.7 Å². The molecule has 0 bridgehead atoms. The second-order valence-corrected chi connectivity index (χ2v) is 11.0. The Morgan fingerprint density at radius 3 is 2.94 bits per heavy atom. The van der Waals surface area contributed by atoms with Crippen LogP contribution < -0.4 is 0 Å². The van der Waals surface area contributed by atoms with E-state index in [1.807, 2.05) is 29.5 Å². The Kier molecular flexibility index (Phi) is 5.15. The summed E-state index contributed by atoms with van der Waals surface area (Å²) in [4.78, 5) is 24.7. The molecular weight excluding hydrogens is 431 g/mol. The van der Waals surface area contributed by atoms with Crippen LogP contribution in [0, 0.1) is 19.8 Å². The van der Waals surface area contributed by atoms with E-state index in [-0.39, 0.29) is 11.7 Å². The van der Waals surface area contributed by atoms with Gasteiger partial charge in [-0.2, -0.15) is 5.10 Å². The molecule has 4 unspecified atom stereocenters. The number of aromatic nitrogens is 3. The van der Waals surface area contributed by atoms with Crippen molar-refractivity contribution in [3.8, 4) is 0 Å². The minimum Gasteiger partial charge on any atom is -0.370 e. The lowest BCUT2D eigenvalue weighted by atomic mass is 9.92. The van der Waals surface area contributed by atoms with E-state index in [1.54, 1.807) is 6.08 Å². The summed E-state index contributed by atoms with van der Waals surface area (Å²) in [7, 11) is 0.474. The number of fused-ring (bicyclic) bond motifs is 3. The zero-order valence-corrected chi connectivity index (χ0v) is 20.5. The third-order valence-corrected chi connectivity index (χ3v) is 9.08. The quantitative estimate of drug-likeness (QED) is 0.655. The van der Waals surface area contributed by atoms with Gasteiger partial charge in [-0.1, -0.05) is 21.6 Å². The summed E-state index contributed by atoms with van der Waals surface area (Å²) in [5, 5.41) is 5.78. The molecule has 4 atom stereocenters. The van der Waals surface area contributed by atoms with Gasteiger partial charge in [0.05, 0.1) is 40.3 Å². The number of piperidine rings is 1. The monoisotopic (exact) mass is 462 g/mol. The van der Waals surface area contributed by atoms with Crippen molar-refractivity contribution in [1.29, 1.82) is 0 Å². The number of carbonyl (C=O) groups is 1. The maximum absolute atomic E-state index is 13.1. The third-order valence-electron chi connectivity index (χ3n) is 7.60. The first-order valence-electron chi connectivity index (χ1n) is 12.0. The fourth-order valence-corrected chi connectivity index (χ4v) is 7.26. The second kappa shape index (κ2) is 8.07. The number of carbonyl (C=O) groups excluding carboxylic acids is 1. The molecule has 0 aliphatic carbocycles. The van der Waals surface area contributed by atoms with Crippen LogP contribution in [0.25, 0.3) is 10.8 Å². The van der Waals surface area contributed by atoms with E-state index in [9.17, 15) is 4.79 Å². The average molecular weight is 463 g/mol. The minimum atomic E-state index is 0.0478. The van der Waals surface area contributed by atoms with Crippen molar-refractivity contribution in [1.82, 2.24) is 29.3 Å². The Morgan fingerprint density at radius 1 is 1.21 bits per heavy atom. The lowest BCUT2D eigenvalue weighted by molar-refractivity contribution is -0.123. The summed E-state index contributed by atoms with van der Waals surface area (Å²) in [6.07, 6.45) is 12.8. The molecule has 0 spiro atoms. The van der Waals surface area contributed by atoms with Crippen molar-refractivity contribution in [2.24, 2.45) is 5.92 Å². The second-order valence-electron chi connectivity index (χ2n) is 9.61. The summed E-state index contributed by atoms with van der Waals surface area (Å²) >= 11 is 0. The summed E-state index contributed by atoms with van der Waals surface area (Å²) in [5.41, 5.74) is 4.95. The molecule has 2 aromatic rings. The number of nitrogens with zero attached hydrogens (tertiary/aromatic N) is 6. The van der Waals surface area contributed by atoms with Gasteiger partial charge in [0.1, 0.15) is 0 Å². The van der Waals surface area contributed by atoms with Crippen LogP contribution in [0.4, 0.5) is 0 Å². The molecule has 6 rings (SSSR count). The zero-order valence-electron chi connectivity index (χ0n) is 19.5. The van der Waals surface area contributed by atoms with E-state index in [1.165, 1.54) is 25.1 Å². The first-order valence-corrected chi connectivity index (χ1v) is 13.1. The lowest BCUT2D eigenvalue weighted by Gasteiger charge is -2.41. The highest BCUT2D eigenvalue weighted by molar-refractivity contribution is 7.51. The minimum absolute atomic E-state index is 0.0478. The van der Waals surface area contributed by atoms with Crippen molar-refractivity contribution in [2.45, 2.75) is 45.4 Å². The number of hydrogen-bond donors (Lipinski definition) is 0. The summed E-state index contributed by atoms with van der Waals surface area (Å²) in [6.45, 7) is 10.8. The molecular formula is C25H31N6OP. The van der Waals surface area contributed by atoms with Crippen molar-refractivity contribution in [3.63, 3.8) is 0 Å². The maximum atomic E-state index is 13.1. The molecule has 1 amide bonds. The van der Waals surface area contributed by atoms with Crippen molar-refractivity contribution in [3.05, 3.63) is 59.5 Å². The Balaban J connectivity index is 1.22. The fourth-order valence-electron chi connectivity index (χ4n) is 5.93. The predicted octanol–water partition coefficient (Wildman–Crippen LogP) is 3.36. The molecule has 172 valence electrons. The van der Waals surface area contributed by atoms with Crippen molar-refractivity contribution in [2.75, 3.05) is 26.2 Å². The smallest absolute Gasteiger partial charge is 0.252 e. The van der Waals surface area contributed by atoms with Gasteiger partial charge in [-0.3, -0.25) is 9.78 Å². The van der Waals surface area contributed by atoms with Crippen LogP contribution in [0.15, 0.2) is 42.4 Å². The van der Waals surface area contributed by atoms with Gasteiger partial charge in [-0.25, -0.2) is 4.52 Å². The van der Waals surface area contributed by atoms with E-state index in [4.69, 9.17) is 5.10 Å². The van der Waals surface area contributed by atoms with Crippen LogP contribution in [0.1, 0.15) is 36.8 Å². The Morgan fingerprint density at radius 2 is 2.09 bits per heavy atom. The molecule has 2 saturated heterocycles. The number of aryl methyl sites for hydroxylation is 2. The van der Waals surface area contributed by atoms with E-state index < -0.39 is 0 Å². The number of hydrogen-bond acceptors (Lipinski definition) is 5. The summed E-state index contributed by atoms with van der Waals surface area (Å²) in [5.74, 6) is 0.867. The molecule has 33 heavy (non-hydrogen) atoms. The van der Waals surface area contributed by atoms with Crippen LogP contribution in [0.2, 0.25) is 0 Å². The lowest BCUT2D eigenvalue weighted by Crippen LogP contribution is -2.46. The zero-order chi connectivity index (χ0) is 22.7. The predicted molar refractivity (Wildman–Crippen MR) is 132 cm³/mol. The number of allylic oxidation sites excluding steroid dienone is 1. The summed E-state index contributed by atoms with van der Waals surface area (Å²) in [6, 6.07) is 2.80. The fraction of sp³-hybridized carbons (Fsp3) is 0.480. The Hall–Kier alpha value is -2.50. The number of likely N-dealkylation sites (tertiary alicyclic amines) is 2.